The van der Waals surface area contributed by atoms with Crippen LogP contribution in [0, 0.1) is 11.8 Å². The zero-order valence-electron chi connectivity index (χ0n) is 11.3. The second-order valence-corrected chi connectivity index (χ2v) is 5.43. The number of carbonyl (C=O) groups excluding carboxylic acids is 2. The minimum atomic E-state index is 0.111. The van der Waals surface area contributed by atoms with Crippen LogP contribution in [0.1, 0.15) is 20.3 Å². The first-order valence-corrected chi connectivity index (χ1v) is 6.84. The van der Waals surface area contributed by atoms with Gasteiger partial charge in [-0.1, -0.05) is 6.92 Å². The van der Waals surface area contributed by atoms with Crippen molar-refractivity contribution in [1.29, 1.82) is 0 Å². The molecule has 0 aliphatic carbocycles. The van der Waals surface area contributed by atoms with Crippen molar-refractivity contribution >= 4 is 11.8 Å². The van der Waals surface area contributed by atoms with Gasteiger partial charge in [0.25, 0.3) is 0 Å². The maximum Gasteiger partial charge on any atom is 0.227 e. The van der Waals surface area contributed by atoms with Crippen LogP contribution in [-0.2, 0) is 9.59 Å². The Morgan fingerprint density at radius 3 is 2.33 bits per heavy atom. The van der Waals surface area contributed by atoms with Crippen LogP contribution in [0.5, 0.6) is 0 Å². The predicted molar refractivity (Wildman–Crippen MR) is 69.0 cm³/mol. The summed E-state index contributed by atoms with van der Waals surface area (Å²) in [6, 6.07) is 0. The zero-order valence-corrected chi connectivity index (χ0v) is 11.3. The van der Waals surface area contributed by atoms with Crippen molar-refractivity contribution in [2.75, 3.05) is 39.3 Å². The molecule has 2 aliphatic heterocycles. The van der Waals surface area contributed by atoms with E-state index in [0.29, 0.717) is 19.0 Å². The Morgan fingerprint density at radius 2 is 1.72 bits per heavy atom. The molecule has 2 aliphatic rings. The lowest BCUT2D eigenvalue weighted by molar-refractivity contribution is -0.136. The Kier molecular flexibility index (Phi) is 4.22. The maximum absolute atomic E-state index is 12.4. The van der Waals surface area contributed by atoms with E-state index in [4.69, 9.17) is 0 Å². The van der Waals surface area contributed by atoms with E-state index in [2.05, 4.69) is 12.2 Å². The Bertz CT molecular complexity index is 332. The molecule has 0 bridgehead atoms. The van der Waals surface area contributed by atoms with Gasteiger partial charge >= 0.3 is 0 Å². The number of rotatable bonds is 1. The monoisotopic (exact) mass is 253 g/mol. The van der Waals surface area contributed by atoms with Crippen LogP contribution in [0.25, 0.3) is 0 Å². The third-order valence-electron chi connectivity index (χ3n) is 4.09. The fourth-order valence-electron chi connectivity index (χ4n) is 2.83. The summed E-state index contributed by atoms with van der Waals surface area (Å²) in [7, 11) is 0. The van der Waals surface area contributed by atoms with Crippen LogP contribution in [0.2, 0.25) is 0 Å². The van der Waals surface area contributed by atoms with Crippen LogP contribution in [0.15, 0.2) is 0 Å². The number of carbonyl (C=O) groups is 2. The first-order valence-electron chi connectivity index (χ1n) is 6.84. The van der Waals surface area contributed by atoms with Gasteiger partial charge in [0.1, 0.15) is 0 Å². The number of hydrogen-bond donors (Lipinski definition) is 1. The predicted octanol–water partition coefficient (Wildman–Crippen LogP) is -0.0773. The van der Waals surface area contributed by atoms with Gasteiger partial charge in [-0.2, -0.15) is 0 Å². The van der Waals surface area contributed by atoms with Gasteiger partial charge in [0, 0.05) is 39.6 Å². The highest BCUT2D eigenvalue weighted by molar-refractivity contribution is 5.80. The fourth-order valence-corrected chi connectivity index (χ4v) is 2.83. The van der Waals surface area contributed by atoms with Crippen molar-refractivity contribution in [2.24, 2.45) is 11.8 Å². The Balaban J connectivity index is 1.93. The molecular weight excluding hydrogens is 230 g/mol. The average molecular weight is 253 g/mol. The molecule has 0 saturated carbocycles. The van der Waals surface area contributed by atoms with Crippen molar-refractivity contribution in [3.63, 3.8) is 0 Å². The Labute approximate surface area is 108 Å². The highest BCUT2D eigenvalue weighted by Crippen LogP contribution is 2.19. The minimum Gasteiger partial charge on any atom is -0.341 e. The molecule has 2 heterocycles. The summed E-state index contributed by atoms with van der Waals surface area (Å²) in [5.41, 5.74) is 0. The average Bonchev–Trinajstić information content (AvgIpc) is 2.63. The molecule has 0 radical (unpaired) electrons. The second kappa shape index (κ2) is 5.69. The first-order chi connectivity index (χ1) is 8.59. The van der Waals surface area contributed by atoms with Crippen LogP contribution >= 0.6 is 0 Å². The van der Waals surface area contributed by atoms with E-state index >= 15 is 0 Å². The highest BCUT2D eigenvalue weighted by atomic mass is 16.2. The zero-order chi connectivity index (χ0) is 13.1. The number of nitrogens with zero attached hydrogens (tertiary/aromatic N) is 2. The van der Waals surface area contributed by atoms with Crippen LogP contribution < -0.4 is 5.32 Å². The van der Waals surface area contributed by atoms with Crippen molar-refractivity contribution in [3.8, 4) is 0 Å². The van der Waals surface area contributed by atoms with Crippen molar-refractivity contribution in [2.45, 2.75) is 20.3 Å². The van der Waals surface area contributed by atoms with E-state index in [0.717, 1.165) is 32.6 Å². The SMILES string of the molecule is CC(=O)N1CCCN(C(=O)C2CNCC2C)CC1. The smallest absolute Gasteiger partial charge is 0.227 e. The van der Waals surface area contributed by atoms with E-state index in [-0.39, 0.29) is 17.7 Å². The summed E-state index contributed by atoms with van der Waals surface area (Å²) in [6.45, 7) is 8.38. The number of amides is 2. The van der Waals surface area contributed by atoms with Gasteiger partial charge in [-0.25, -0.2) is 0 Å². The summed E-state index contributed by atoms with van der Waals surface area (Å²) in [5.74, 6) is 0.914. The lowest BCUT2D eigenvalue weighted by atomic mass is 9.96. The van der Waals surface area contributed by atoms with Gasteiger partial charge in [0.15, 0.2) is 0 Å². The van der Waals surface area contributed by atoms with Crippen molar-refractivity contribution in [1.82, 2.24) is 15.1 Å². The lowest BCUT2D eigenvalue weighted by Crippen LogP contribution is -2.41. The molecule has 2 unspecified atom stereocenters. The van der Waals surface area contributed by atoms with Gasteiger partial charge in [0.2, 0.25) is 11.8 Å². The molecule has 1 N–H and O–H groups in total. The fraction of sp³-hybridized carbons (Fsp3) is 0.846. The number of hydrogen-bond acceptors (Lipinski definition) is 3. The molecule has 2 saturated heterocycles. The summed E-state index contributed by atoms with van der Waals surface area (Å²) >= 11 is 0. The molecule has 0 aromatic carbocycles. The highest BCUT2D eigenvalue weighted by Gasteiger charge is 2.33. The van der Waals surface area contributed by atoms with Gasteiger partial charge in [-0.15, -0.1) is 0 Å². The van der Waals surface area contributed by atoms with Gasteiger partial charge < -0.3 is 15.1 Å². The molecule has 0 aromatic rings. The third-order valence-corrected chi connectivity index (χ3v) is 4.09. The quantitative estimate of drug-likeness (QED) is 0.711. The van der Waals surface area contributed by atoms with E-state index < -0.39 is 0 Å². The van der Waals surface area contributed by atoms with Crippen molar-refractivity contribution < 1.29 is 9.59 Å². The van der Waals surface area contributed by atoms with Crippen LogP contribution in [-0.4, -0.2) is 60.9 Å². The Morgan fingerprint density at radius 1 is 1.06 bits per heavy atom. The second-order valence-electron chi connectivity index (χ2n) is 5.43. The van der Waals surface area contributed by atoms with Gasteiger partial charge in [-0.05, 0) is 18.9 Å². The minimum absolute atomic E-state index is 0.111. The topological polar surface area (TPSA) is 52.7 Å². The molecule has 2 atom stereocenters. The largest absolute Gasteiger partial charge is 0.341 e. The summed E-state index contributed by atoms with van der Waals surface area (Å²) in [6.07, 6.45) is 0.889. The molecule has 2 rings (SSSR count). The van der Waals surface area contributed by atoms with Crippen LogP contribution in [0.4, 0.5) is 0 Å². The van der Waals surface area contributed by atoms with E-state index in [9.17, 15) is 9.59 Å². The molecule has 2 amide bonds. The number of nitrogens with one attached hydrogen (secondary N) is 1. The van der Waals surface area contributed by atoms with Crippen LogP contribution in [0.3, 0.4) is 0 Å². The lowest BCUT2D eigenvalue weighted by Gasteiger charge is -2.25. The molecule has 5 heteroatoms. The molecule has 5 nitrogen and oxygen atoms in total. The van der Waals surface area contributed by atoms with Crippen molar-refractivity contribution in [3.05, 3.63) is 0 Å². The van der Waals surface area contributed by atoms with E-state index in [1.54, 1.807) is 6.92 Å². The molecular formula is C13H23N3O2. The summed E-state index contributed by atoms with van der Waals surface area (Å²) in [5, 5.41) is 3.27. The van der Waals surface area contributed by atoms with Gasteiger partial charge in [0.05, 0.1) is 5.92 Å². The summed E-state index contributed by atoms with van der Waals surface area (Å²) in [4.78, 5) is 27.5. The molecule has 0 spiro atoms. The molecule has 102 valence electrons. The van der Waals surface area contributed by atoms with Gasteiger partial charge in [-0.3, -0.25) is 9.59 Å². The normalized spacial score (nSPS) is 29.2. The molecule has 18 heavy (non-hydrogen) atoms. The summed E-state index contributed by atoms with van der Waals surface area (Å²) < 4.78 is 0. The molecule has 0 aromatic heterocycles. The first kappa shape index (κ1) is 13.3. The Hall–Kier alpha value is -1.10. The van der Waals surface area contributed by atoms with E-state index in [1.165, 1.54) is 0 Å². The standard InChI is InChI=1S/C13H23N3O2/c1-10-8-14-9-12(10)13(18)16-5-3-4-15(6-7-16)11(2)17/h10,12,14H,3-9H2,1-2H3. The van der Waals surface area contributed by atoms with E-state index in [1.807, 2.05) is 9.80 Å². The molecule has 2 fully saturated rings. The maximum atomic E-state index is 12.4. The third kappa shape index (κ3) is 2.83.